The number of carbonyl (C=O) groups excluding carboxylic acids is 5. The number of benzene rings is 1. The second-order valence-electron chi connectivity index (χ2n) is 6.57. The lowest BCUT2D eigenvalue weighted by Crippen LogP contribution is -2.67. The van der Waals surface area contributed by atoms with Crippen LogP contribution in [-0.4, -0.2) is 70.5 Å². The van der Waals surface area contributed by atoms with Crippen molar-refractivity contribution in [2.24, 2.45) is 0 Å². The molecule has 29 heavy (non-hydrogen) atoms. The van der Waals surface area contributed by atoms with Crippen molar-refractivity contribution in [2.75, 3.05) is 19.6 Å². The molecule has 6 amide bonds. The number of amides is 6. The Kier molecular flexibility index (Phi) is 6.06. The Morgan fingerprint density at radius 2 is 1.86 bits per heavy atom. The Hall–Kier alpha value is -3.08. The van der Waals surface area contributed by atoms with Crippen LogP contribution in [0.2, 0.25) is 0 Å². The van der Waals surface area contributed by atoms with Gasteiger partial charge in [-0.15, -0.1) is 0 Å². The first-order valence-electron chi connectivity index (χ1n) is 9.08. The summed E-state index contributed by atoms with van der Waals surface area (Å²) in [6.07, 6.45) is 0. The Balaban J connectivity index is 1.76. The molecule has 1 aromatic carbocycles. The number of likely N-dealkylation sites (N-methyl/N-ethyl adjacent to an activating group) is 1. The molecule has 0 aromatic heterocycles. The summed E-state index contributed by atoms with van der Waals surface area (Å²) in [5.74, 6) is -2.72. The number of nitrogens with one attached hydrogen (secondary N) is 3. The molecule has 2 fully saturated rings. The summed E-state index contributed by atoms with van der Waals surface area (Å²) in [4.78, 5) is 63.5. The van der Waals surface area contributed by atoms with Crippen LogP contribution in [0.25, 0.3) is 0 Å². The number of imide groups is 1. The Morgan fingerprint density at radius 1 is 1.17 bits per heavy atom. The SMILES string of the molecule is CCN1CCN(C(=O)N[C@@H](C(=O)N[C@@H]2C(=O)N[C@@H]2S)c2ccccc2)C(=O)C1=O. The largest absolute Gasteiger partial charge is 0.340 e. The second kappa shape index (κ2) is 8.52. The maximum absolute atomic E-state index is 12.8. The second-order valence-corrected chi connectivity index (χ2v) is 7.13. The van der Waals surface area contributed by atoms with Gasteiger partial charge in [0.2, 0.25) is 11.8 Å². The fraction of sp³-hybridized carbons (Fsp3) is 0.389. The van der Waals surface area contributed by atoms with Gasteiger partial charge < -0.3 is 20.9 Å². The molecule has 0 bridgehead atoms. The molecule has 0 spiro atoms. The van der Waals surface area contributed by atoms with Crippen LogP contribution >= 0.6 is 12.6 Å². The van der Waals surface area contributed by atoms with Gasteiger partial charge in [-0.1, -0.05) is 30.3 Å². The quantitative estimate of drug-likeness (QED) is 0.277. The van der Waals surface area contributed by atoms with Gasteiger partial charge in [0.05, 0.1) is 0 Å². The summed E-state index contributed by atoms with van der Waals surface area (Å²) in [5, 5.41) is 6.99. The summed E-state index contributed by atoms with van der Waals surface area (Å²) < 4.78 is 0. The van der Waals surface area contributed by atoms with E-state index in [1.54, 1.807) is 37.3 Å². The summed E-state index contributed by atoms with van der Waals surface area (Å²) in [6, 6.07) is 5.53. The van der Waals surface area contributed by atoms with Gasteiger partial charge in [-0.2, -0.15) is 12.6 Å². The Bertz CT molecular complexity index is 848. The molecule has 154 valence electrons. The molecule has 0 unspecified atom stereocenters. The number of nitrogens with zero attached hydrogens (tertiary/aromatic N) is 2. The van der Waals surface area contributed by atoms with Gasteiger partial charge in [0.1, 0.15) is 17.5 Å². The van der Waals surface area contributed by atoms with Gasteiger partial charge in [0.25, 0.3) is 0 Å². The average Bonchev–Trinajstić information content (AvgIpc) is 2.72. The first-order valence-corrected chi connectivity index (χ1v) is 9.60. The van der Waals surface area contributed by atoms with Crippen LogP contribution in [-0.2, 0) is 19.2 Å². The maximum atomic E-state index is 12.8. The first-order chi connectivity index (χ1) is 13.8. The highest BCUT2D eigenvalue weighted by molar-refractivity contribution is 7.81. The number of hydrogen-bond acceptors (Lipinski definition) is 6. The van der Waals surface area contributed by atoms with Crippen molar-refractivity contribution in [3.63, 3.8) is 0 Å². The molecule has 11 heteroatoms. The normalized spacial score (nSPS) is 22.5. The third-order valence-electron chi connectivity index (χ3n) is 4.78. The maximum Gasteiger partial charge on any atom is 0.325 e. The summed E-state index contributed by atoms with van der Waals surface area (Å²) in [7, 11) is 0. The van der Waals surface area contributed by atoms with E-state index < -0.39 is 41.2 Å². The summed E-state index contributed by atoms with van der Waals surface area (Å²) >= 11 is 4.13. The molecule has 2 heterocycles. The van der Waals surface area contributed by atoms with Crippen molar-refractivity contribution in [3.8, 4) is 0 Å². The number of rotatable bonds is 5. The van der Waals surface area contributed by atoms with Crippen molar-refractivity contribution in [1.82, 2.24) is 25.8 Å². The smallest absolute Gasteiger partial charge is 0.325 e. The average molecular weight is 419 g/mol. The molecule has 2 saturated heterocycles. The van der Waals surface area contributed by atoms with Gasteiger partial charge >= 0.3 is 17.8 Å². The van der Waals surface area contributed by atoms with Crippen molar-refractivity contribution >= 4 is 42.3 Å². The zero-order chi connectivity index (χ0) is 21.1. The van der Waals surface area contributed by atoms with Gasteiger partial charge in [-0.25, -0.2) is 4.79 Å². The molecule has 1 aromatic rings. The van der Waals surface area contributed by atoms with Crippen LogP contribution in [0, 0.1) is 0 Å². The van der Waals surface area contributed by atoms with Crippen LogP contribution in [0.3, 0.4) is 0 Å². The van der Waals surface area contributed by atoms with E-state index in [0.717, 1.165) is 4.90 Å². The molecule has 0 saturated carbocycles. The highest BCUT2D eigenvalue weighted by Crippen LogP contribution is 2.17. The minimum Gasteiger partial charge on any atom is -0.340 e. The third kappa shape index (κ3) is 4.19. The van der Waals surface area contributed by atoms with E-state index in [4.69, 9.17) is 0 Å². The molecule has 3 N–H and O–H groups in total. The molecule has 3 atom stereocenters. The Morgan fingerprint density at radius 3 is 2.45 bits per heavy atom. The van der Waals surface area contributed by atoms with Gasteiger partial charge in [0, 0.05) is 19.6 Å². The predicted molar refractivity (Wildman–Crippen MR) is 105 cm³/mol. The van der Waals surface area contributed by atoms with E-state index in [1.165, 1.54) is 4.90 Å². The van der Waals surface area contributed by atoms with Crippen molar-refractivity contribution < 1.29 is 24.0 Å². The van der Waals surface area contributed by atoms with E-state index in [-0.39, 0.29) is 19.0 Å². The fourth-order valence-electron chi connectivity index (χ4n) is 3.06. The fourth-order valence-corrected chi connectivity index (χ4v) is 3.40. The minimum atomic E-state index is -1.16. The zero-order valence-electron chi connectivity index (χ0n) is 15.6. The van der Waals surface area contributed by atoms with Crippen LogP contribution in [0.1, 0.15) is 18.5 Å². The molecular weight excluding hydrogens is 398 g/mol. The van der Waals surface area contributed by atoms with E-state index in [0.29, 0.717) is 12.1 Å². The van der Waals surface area contributed by atoms with Crippen LogP contribution in [0.15, 0.2) is 30.3 Å². The molecular formula is C18H21N5O5S. The molecule has 2 aliphatic rings. The molecule has 3 rings (SSSR count). The van der Waals surface area contributed by atoms with Crippen molar-refractivity contribution in [3.05, 3.63) is 35.9 Å². The number of urea groups is 1. The Labute approximate surface area is 172 Å². The lowest BCUT2D eigenvalue weighted by molar-refractivity contribution is -0.153. The number of β-lactam (4-membered cyclic amide) rings is 1. The number of carbonyl (C=O) groups is 5. The topological polar surface area (TPSA) is 128 Å². The standard InChI is InChI=1S/C18H21N5O5S/c1-2-22-8-9-23(17(27)16(22)26)18(28)20-11(10-6-4-3-5-7-10)13(24)19-12-14(25)21-15(12)29/h3-7,11-12,15,29H,2,8-9H2,1H3,(H,19,24)(H,20,28)(H,21,25)/t11-,12-,15-/m1/s1. The molecule has 0 aliphatic carbocycles. The van der Waals surface area contributed by atoms with Crippen LogP contribution in [0.4, 0.5) is 4.79 Å². The monoisotopic (exact) mass is 419 g/mol. The number of thiol groups is 1. The highest BCUT2D eigenvalue weighted by atomic mass is 32.1. The molecule has 2 aliphatic heterocycles. The molecule has 0 radical (unpaired) electrons. The highest BCUT2D eigenvalue weighted by Gasteiger charge is 2.41. The van der Waals surface area contributed by atoms with E-state index in [1.807, 2.05) is 0 Å². The predicted octanol–water partition coefficient (Wildman–Crippen LogP) is -1.00. The van der Waals surface area contributed by atoms with Gasteiger partial charge in [0.15, 0.2) is 0 Å². The van der Waals surface area contributed by atoms with E-state index >= 15 is 0 Å². The zero-order valence-corrected chi connectivity index (χ0v) is 16.5. The van der Waals surface area contributed by atoms with Gasteiger partial charge in [-0.05, 0) is 12.5 Å². The lowest BCUT2D eigenvalue weighted by atomic mass is 10.0. The molecule has 10 nitrogen and oxygen atoms in total. The number of hydrogen-bond donors (Lipinski definition) is 4. The van der Waals surface area contributed by atoms with E-state index in [2.05, 4.69) is 28.6 Å². The van der Waals surface area contributed by atoms with Gasteiger partial charge in [-0.3, -0.25) is 24.1 Å². The summed E-state index contributed by atoms with van der Waals surface area (Å²) in [6.45, 7) is 2.35. The van der Waals surface area contributed by atoms with Crippen molar-refractivity contribution in [1.29, 1.82) is 0 Å². The summed E-state index contributed by atoms with van der Waals surface area (Å²) in [5.41, 5.74) is 0.458. The minimum absolute atomic E-state index is 0.0249. The first kappa shape index (κ1) is 20.6. The van der Waals surface area contributed by atoms with E-state index in [9.17, 15) is 24.0 Å². The number of piperazine rings is 1. The third-order valence-corrected chi connectivity index (χ3v) is 5.21. The van der Waals surface area contributed by atoms with Crippen LogP contribution in [0.5, 0.6) is 0 Å². The van der Waals surface area contributed by atoms with Crippen molar-refractivity contribution in [2.45, 2.75) is 24.4 Å². The van der Waals surface area contributed by atoms with Crippen LogP contribution < -0.4 is 16.0 Å². The lowest BCUT2D eigenvalue weighted by Gasteiger charge is -2.35.